The molecule has 0 saturated heterocycles. The van der Waals surface area contributed by atoms with Crippen LogP contribution in [0, 0.1) is 0 Å². The molecule has 2 rings (SSSR count). The molecule has 0 saturated carbocycles. The van der Waals surface area contributed by atoms with Crippen molar-refractivity contribution in [3.05, 3.63) is 23.5 Å². The van der Waals surface area contributed by atoms with Crippen LogP contribution in [0.3, 0.4) is 0 Å². The van der Waals surface area contributed by atoms with E-state index in [9.17, 15) is 5.11 Å². The summed E-state index contributed by atoms with van der Waals surface area (Å²) in [6, 6.07) is 0. The van der Waals surface area contributed by atoms with Crippen molar-refractivity contribution < 1.29 is 14.6 Å². The summed E-state index contributed by atoms with van der Waals surface area (Å²) in [7, 11) is 3.03. The van der Waals surface area contributed by atoms with Crippen LogP contribution >= 0.6 is 0 Å². The average Bonchev–Trinajstić information content (AvgIpc) is 2.47. The maximum atomic E-state index is 10.3. The quantitative estimate of drug-likeness (QED) is 0.827. The van der Waals surface area contributed by atoms with Gasteiger partial charge < -0.3 is 14.6 Å². The van der Waals surface area contributed by atoms with Crippen molar-refractivity contribution in [1.82, 2.24) is 9.97 Å². The van der Waals surface area contributed by atoms with Gasteiger partial charge in [-0.25, -0.2) is 4.98 Å². The zero-order valence-electron chi connectivity index (χ0n) is 11.4. The third-order valence-electron chi connectivity index (χ3n) is 3.30. The molecule has 0 bridgehead atoms. The zero-order chi connectivity index (χ0) is 13.7. The number of allylic oxidation sites excluding steroid dienone is 1. The van der Waals surface area contributed by atoms with E-state index < -0.39 is 6.10 Å². The minimum atomic E-state index is -0.683. The molecule has 1 unspecified atom stereocenters. The fraction of sp³-hybridized carbons (Fsp3) is 0.571. The molecule has 1 aromatic heterocycles. The third-order valence-corrected chi connectivity index (χ3v) is 3.30. The molecule has 5 nitrogen and oxygen atoms in total. The zero-order valence-corrected chi connectivity index (χ0v) is 11.4. The van der Waals surface area contributed by atoms with Gasteiger partial charge in [0, 0.05) is 6.42 Å². The van der Waals surface area contributed by atoms with Crippen molar-refractivity contribution in [3.63, 3.8) is 0 Å². The standard InChI is InChI=1S/C14H20N2O3/c1-18-12-9-15-13(14(16-12)19-2)11(17)8-10-6-4-3-5-7-10/h6,9,11,17H,3-5,7-8H2,1-2H3. The number of rotatable bonds is 5. The molecule has 19 heavy (non-hydrogen) atoms. The van der Waals surface area contributed by atoms with Gasteiger partial charge in [-0.3, -0.25) is 0 Å². The molecule has 1 atom stereocenters. The van der Waals surface area contributed by atoms with Crippen molar-refractivity contribution in [2.75, 3.05) is 14.2 Å². The van der Waals surface area contributed by atoms with E-state index in [1.54, 1.807) is 0 Å². The SMILES string of the molecule is COc1cnc(C(O)CC2=CCCCC2)c(OC)n1. The van der Waals surface area contributed by atoms with Crippen LogP contribution in [0.4, 0.5) is 0 Å². The molecule has 1 aliphatic rings. The molecule has 0 aliphatic heterocycles. The van der Waals surface area contributed by atoms with Gasteiger partial charge in [-0.2, -0.15) is 4.98 Å². The molecule has 1 aromatic rings. The first kappa shape index (κ1) is 13.8. The smallest absolute Gasteiger partial charge is 0.241 e. The Bertz CT molecular complexity index is 460. The second-order valence-electron chi connectivity index (χ2n) is 4.63. The average molecular weight is 264 g/mol. The van der Waals surface area contributed by atoms with E-state index in [-0.39, 0.29) is 0 Å². The molecule has 1 N–H and O–H groups in total. The van der Waals surface area contributed by atoms with Gasteiger partial charge in [-0.1, -0.05) is 11.6 Å². The number of aliphatic hydroxyl groups excluding tert-OH is 1. The largest absolute Gasteiger partial charge is 0.480 e. The van der Waals surface area contributed by atoms with E-state index in [1.165, 1.54) is 38.8 Å². The summed E-state index contributed by atoms with van der Waals surface area (Å²) >= 11 is 0. The predicted molar refractivity (Wildman–Crippen MR) is 71.3 cm³/mol. The molecule has 0 fully saturated rings. The van der Waals surface area contributed by atoms with Crippen LogP contribution in [0.15, 0.2) is 17.8 Å². The molecular formula is C14H20N2O3. The van der Waals surface area contributed by atoms with Crippen LogP contribution < -0.4 is 9.47 Å². The van der Waals surface area contributed by atoms with Crippen molar-refractivity contribution in [3.8, 4) is 11.8 Å². The first-order chi connectivity index (χ1) is 9.24. The Hall–Kier alpha value is -1.62. The van der Waals surface area contributed by atoms with Crippen LogP contribution in [0.25, 0.3) is 0 Å². The van der Waals surface area contributed by atoms with Crippen LogP contribution in [0.2, 0.25) is 0 Å². The predicted octanol–water partition coefficient (Wildman–Crippen LogP) is 2.42. The van der Waals surface area contributed by atoms with E-state index in [2.05, 4.69) is 16.0 Å². The molecule has 104 valence electrons. The van der Waals surface area contributed by atoms with Crippen LogP contribution in [-0.2, 0) is 0 Å². The maximum Gasteiger partial charge on any atom is 0.241 e. The molecular weight excluding hydrogens is 244 g/mol. The van der Waals surface area contributed by atoms with Crippen molar-refractivity contribution in [1.29, 1.82) is 0 Å². The number of hydrogen-bond acceptors (Lipinski definition) is 5. The lowest BCUT2D eigenvalue weighted by molar-refractivity contribution is 0.165. The number of aromatic nitrogens is 2. The van der Waals surface area contributed by atoms with Gasteiger partial charge in [0.2, 0.25) is 11.8 Å². The second kappa shape index (κ2) is 6.52. The lowest BCUT2D eigenvalue weighted by Gasteiger charge is -2.17. The van der Waals surface area contributed by atoms with Gasteiger partial charge in [-0.05, 0) is 25.7 Å². The number of methoxy groups -OCH3 is 2. The van der Waals surface area contributed by atoms with Crippen LogP contribution in [0.5, 0.6) is 11.8 Å². The first-order valence-corrected chi connectivity index (χ1v) is 6.55. The molecule has 0 spiro atoms. The molecule has 1 aliphatic carbocycles. The lowest BCUT2D eigenvalue weighted by Crippen LogP contribution is -2.08. The normalized spacial score (nSPS) is 16.7. The Labute approximate surface area is 113 Å². The first-order valence-electron chi connectivity index (χ1n) is 6.55. The topological polar surface area (TPSA) is 64.5 Å². The monoisotopic (exact) mass is 264 g/mol. The summed E-state index contributed by atoms with van der Waals surface area (Å²) in [5.41, 5.74) is 1.76. The summed E-state index contributed by atoms with van der Waals surface area (Å²) in [4.78, 5) is 8.33. The fourth-order valence-electron chi connectivity index (χ4n) is 2.28. The highest BCUT2D eigenvalue weighted by atomic mass is 16.5. The Morgan fingerprint density at radius 3 is 2.79 bits per heavy atom. The molecule has 0 aromatic carbocycles. The number of aliphatic hydroxyl groups is 1. The second-order valence-corrected chi connectivity index (χ2v) is 4.63. The van der Waals surface area contributed by atoms with E-state index >= 15 is 0 Å². The van der Waals surface area contributed by atoms with Crippen molar-refractivity contribution >= 4 is 0 Å². The number of ether oxygens (including phenoxy) is 2. The maximum absolute atomic E-state index is 10.3. The fourth-order valence-corrected chi connectivity index (χ4v) is 2.28. The highest BCUT2D eigenvalue weighted by Crippen LogP contribution is 2.30. The summed E-state index contributed by atoms with van der Waals surface area (Å²) in [6.45, 7) is 0. The van der Waals surface area contributed by atoms with Gasteiger partial charge in [0.25, 0.3) is 0 Å². The summed E-state index contributed by atoms with van der Waals surface area (Å²) in [5.74, 6) is 0.702. The molecule has 0 amide bonds. The van der Waals surface area contributed by atoms with Gasteiger partial charge in [0.15, 0.2) is 0 Å². The van der Waals surface area contributed by atoms with Gasteiger partial charge >= 0.3 is 0 Å². The van der Waals surface area contributed by atoms with Crippen LogP contribution in [0.1, 0.15) is 43.9 Å². The van der Waals surface area contributed by atoms with Gasteiger partial charge in [0.1, 0.15) is 11.8 Å². The van der Waals surface area contributed by atoms with Crippen LogP contribution in [-0.4, -0.2) is 29.3 Å². The Kier molecular flexibility index (Phi) is 4.74. The Morgan fingerprint density at radius 1 is 1.32 bits per heavy atom. The summed E-state index contributed by atoms with van der Waals surface area (Å²) < 4.78 is 10.2. The minimum absolute atomic E-state index is 0.322. The summed E-state index contributed by atoms with van der Waals surface area (Å²) in [5, 5.41) is 10.3. The summed E-state index contributed by atoms with van der Waals surface area (Å²) in [6.07, 6.45) is 8.23. The number of nitrogens with zero attached hydrogens (tertiary/aromatic N) is 2. The lowest BCUT2D eigenvalue weighted by atomic mass is 9.94. The van der Waals surface area contributed by atoms with Gasteiger partial charge in [0.05, 0.1) is 20.4 Å². The van der Waals surface area contributed by atoms with Crippen molar-refractivity contribution in [2.24, 2.45) is 0 Å². The minimum Gasteiger partial charge on any atom is -0.480 e. The Balaban J connectivity index is 2.13. The van der Waals surface area contributed by atoms with E-state index in [0.717, 1.165) is 12.8 Å². The Morgan fingerprint density at radius 2 is 2.16 bits per heavy atom. The van der Waals surface area contributed by atoms with E-state index in [4.69, 9.17) is 9.47 Å². The number of hydrogen-bond donors (Lipinski definition) is 1. The molecule has 0 radical (unpaired) electrons. The third kappa shape index (κ3) is 3.44. The van der Waals surface area contributed by atoms with Gasteiger partial charge in [-0.15, -0.1) is 0 Å². The highest BCUT2D eigenvalue weighted by Gasteiger charge is 2.19. The van der Waals surface area contributed by atoms with E-state index in [1.807, 2.05) is 0 Å². The van der Waals surface area contributed by atoms with Crippen molar-refractivity contribution in [2.45, 2.75) is 38.2 Å². The highest BCUT2D eigenvalue weighted by molar-refractivity contribution is 5.26. The van der Waals surface area contributed by atoms with E-state index in [0.29, 0.717) is 23.9 Å². The molecule has 1 heterocycles. The molecule has 5 heteroatoms.